The van der Waals surface area contributed by atoms with Crippen molar-refractivity contribution in [1.29, 1.82) is 0 Å². The van der Waals surface area contributed by atoms with Gasteiger partial charge >= 0.3 is 5.97 Å². The molecule has 1 aliphatic heterocycles. The van der Waals surface area contributed by atoms with E-state index < -0.39 is 29.2 Å². The minimum Gasteiger partial charge on any atom is -0.485 e. The number of aryl methyl sites for hydroxylation is 1. The molecule has 4 rings (SSSR count). The van der Waals surface area contributed by atoms with Crippen LogP contribution in [0.5, 0.6) is 5.75 Å². The van der Waals surface area contributed by atoms with Gasteiger partial charge in [0, 0.05) is 38.3 Å². The molecule has 0 amide bonds. The predicted octanol–water partition coefficient (Wildman–Crippen LogP) is 4.84. The number of carboxylic acid groups (broad SMARTS) is 1. The molecule has 0 fully saturated rings. The van der Waals surface area contributed by atoms with E-state index in [1.54, 1.807) is 25.3 Å². The molecule has 1 aliphatic rings. The molecule has 5 N–H and O–H groups in total. The van der Waals surface area contributed by atoms with Crippen LogP contribution in [0.4, 0.5) is 15.8 Å². The summed E-state index contributed by atoms with van der Waals surface area (Å²) in [7, 11) is 0. The average Bonchev–Trinajstić information content (AvgIpc) is 3.01. The van der Waals surface area contributed by atoms with Crippen LogP contribution in [0.15, 0.2) is 48.7 Å². The van der Waals surface area contributed by atoms with Gasteiger partial charge in [0.25, 0.3) is 0 Å². The van der Waals surface area contributed by atoms with E-state index in [0.29, 0.717) is 37.4 Å². The summed E-state index contributed by atoms with van der Waals surface area (Å²) >= 11 is 0. The summed E-state index contributed by atoms with van der Waals surface area (Å²) in [5.74, 6) is 3.43. The van der Waals surface area contributed by atoms with Crippen molar-refractivity contribution in [2.24, 2.45) is 11.8 Å². The molecule has 8 nitrogen and oxygen atoms in total. The maximum atomic E-state index is 15.7. The number of ether oxygens (including phenoxy) is 1. The third kappa shape index (κ3) is 5.99. The number of hydrogen-bond donors (Lipinski definition) is 3. The Morgan fingerprint density at radius 1 is 1.28 bits per heavy atom. The van der Waals surface area contributed by atoms with Crippen molar-refractivity contribution in [3.05, 3.63) is 82.4 Å². The zero-order chi connectivity index (χ0) is 28.5. The first kappa shape index (κ1) is 28.3. The van der Waals surface area contributed by atoms with Gasteiger partial charge in [-0.25, -0.2) is 10.2 Å². The smallest absolute Gasteiger partial charge is 0.307 e. The normalized spacial score (nSPS) is 16.5. The molecule has 2 heterocycles. The molecule has 0 saturated heterocycles. The zero-order valence-corrected chi connectivity index (χ0v) is 23.2. The first-order chi connectivity index (χ1) is 18.4. The lowest BCUT2D eigenvalue weighted by Gasteiger charge is -2.30. The maximum absolute atomic E-state index is 15.7. The number of benzene rings is 2. The Kier molecular flexibility index (Phi) is 8.13. The summed E-state index contributed by atoms with van der Waals surface area (Å²) < 4.78 is 22.0. The minimum atomic E-state index is -1.02. The van der Waals surface area contributed by atoms with Crippen molar-refractivity contribution >= 4 is 17.3 Å². The minimum absolute atomic E-state index is 0.0928. The molecule has 0 saturated carbocycles. The Balaban J connectivity index is 1.74. The summed E-state index contributed by atoms with van der Waals surface area (Å²) in [6.45, 7) is 11.9. The molecule has 9 heteroatoms. The summed E-state index contributed by atoms with van der Waals surface area (Å²) in [6, 6.07) is 12.9. The van der Waals surface area contributed by atoms with Gasteiger partial charge < -0.3 is 20.6 Å². The Morgan fingerprint density at radius 3 is 2.72 bits per heavy atom. The lowest BCUT2D eigenvalue weighted by Crippen LogP contribution is -2.40. The van der Waals surface area contributed by atoms with E-state index >= 15 is 4.39 Å². The third-order valence-electron chi connectivity index (χ3n) is 7.40. The van der Waals surface area contributed by atoms with Gasteiger partial charge in [0.05, 0.1) is 23.0 Å². The molecular formula is C30H38FN5O3. The topological polar surface area (TPSA) is 118 Å². The van der Waals surface area contributed by atoms with E-state index in [1.807, 2.05) is 58.0 Å². The highest BCUT2D eigenvalue weighted by Crippen LogP contribution is 2.39. The molecule has 0 radical (unpaired) electrons. The second-order valence-electron chi connectivity index (χ2n) is 10.9. The summed E-state index contributed by atoms with van der Waals surface area (Å²) in [5, 5.41) is 11.3. The lowest BCUT2D eigenvalue weighted by atomic mass is 9.80. The number of anilines is 2. The number of aromatic nitrogens is 1. The van der Waals surface area contributed by atoms with Gasteiger partial charge in [-0.2, -0.15) is 0 Å². The number of pyridine rings is 1. The van der Waals surface area contributed by atoms with Crippen LogP contribution in [0.2, 0.25) is 0 Å². The van der Waals surface area contributed by atoms with E-state index in [9.17, 15) is 9.90 Å². The molecule has 2 atom stereocenters. The highest BCUT2D eigenvalue weighted by Gasteiger charge is 2.32. The Bertz CT molecular complexity index is 1360. The van der Waals surface area contributed by atoms with Gasteiger partial charge in [-0.1, -0.05) is 31.2 Å². The SMILES string of the molecule is CCN(N)c1ccc([C@H](c2ccc(C)c(CN3Cc4ncccc4OC(C)(C)C3)c2)C(C)C(=O)O)c(F)c1N. The molecule has 1 unspecified atom stereocenters. The second kappa shape index (κ2) is 11.2. The number of aliphatic carboxylic acids is 1. The number of carboxylic acids is 1. The van der Waals surface area contributed by atoms with Crippen molar-refractivity contribution in [2.45, 2.75) is 59.2 Å². The standard InChI is InChI=1S/C30H38FN5O3/c1-6-36(33)24-12-11-22(27(31)28(24)32)26(19(3)29(37)38)20-10-9-18(2)21(14-20)15-35-16-23-25(8-7-13-34-23)39-30(4,5)17-35/h7-14,19,26H,6,15-17,32-33H2,1-5H3,(H,37,38)/t19?,26-/m0/s1. The largest absolute Gasteiger partial charge is 0.485 e. The molecule has 0 spiro atoms. The Hall–Kier alpha value is -3.69. The van der Waals surface area contributed by atoms with E-state index in [1.165, 1.54) is 5.01 Å². The first-order valence-corrected chi connectivity index (χ1v) is 13.2. The van der Waals surface area contributed by atoms with Gasteiger partial charge in [-0.05, 0) is 68.1 Å². The van der Waals surface area contributed by atoms with Crippen LogP contribution in [-0.2, 0) is 17.9 Å². The first-order valence-electron chi connectivity index (χ1n) is 13.2. The molecule has 39 heavy (non-hydrogen) atoms. The number of nitrogens with two attached hydrogens (primary N) is 2. The highest BCUT2D eigenvalue weighted by atomic mass is 19.1. The maximum Gasteiger partial charge on any atom is 0.307 e. The quantitative estimate of drug-likeness (QED) is 0.213. The summed E-state index contributed by atoms with van der Waals surface area (Å²) in [5.41, 5.74) is 9.87. The van der Waals surface area contributed by atoms with Crippen LogP contribution in [-0.4, -0.2) is 39.7 Å². The molecule has 1 aromatic heterocycles. The number of carbonyl (C=O) groups is 1. The van der Waals surface area contributed by atoms with E-state index in [-0.39, 0.29) is 11.3 Å². The van der Waals surface area contributed by atoms with Gasteiger partial charge in [-0.3, -0.25) is 14.7 Å². The molecule has 0 aliphatic carbocycles. The fraction of sp³-hybridized carbons (Fsp3) is 0.400. The highest BCUT2D eigenvalue weighted by molar-refractivity contribution is 5.74. The van der Waals surface area contributed by atoms with Crippen LogP contribution in [0.1, 0.15) is 61.6 Å². The van der Waals surface area contributed by atoms with Crippen molar-refractivity contribution in [1.82, 2.24) is 9.88 Å². The van der Waals surface area contributed by atoms with Gasteiger partial charge in [-0.15, -0.1) is 0 Å². The van der Waals surface area contributed by atoms with E-state index in [0.717, 1.165) is 22.6 Å². The fourth-order valence-corrected chi connectivity index (χ4v) is 5.32. The summed E-state index contributed by atoms with van der Waals surface area (Å²) in [6.07, 6.45) is 1.76. The van der Waals surface area contributed by atoms with Gasteiger partial charge in [0.1, 0.15) is 11.4 Å². The molecular weight excluding hydrogens is 497 g/mol. The van der Waals surface area contributed by atoms with Crippen LogP contribution >= 0.6 is 0 Å². The molecule has 2 aromatic carbocycles. The average molecular weight is 536 g/mol. The number of hydrogen-bond acceptors (Lipinski definition) is 7. The number of hydrazine groups is 1. The third-order valence-corrected chi connectivity index (χ3v) is 7.40. The molecule has 208 valence electrons. The number of rotatable bonds is 8. The number of nitrogen functional groups attached to an aromatic ring is 1. The molecule has 3 aromatic rings. The second-order valence-corrected chi connectivity index (χ2v) is 10.9. The van der Waals surface area contributed by atoms with Gasteiger partial charge in [0.2, 0.25) is 0 Å². The number of halogens is 1. The van der Waals surface area contributed by atoms with Crippen molar-refractivity contribution in [3.8, 4) is 5.75 Å². The Morgan fingerprint density at radius 2 is 2.03 bits per heavy atom. The van der Waals surface area contributed by atoms with Crippen molar-refractivity contribution in [3.63, 3.8) is 0 Å². The lowest BCUT2D eigenvalue weighted by molar-refractivity contribution is -0.141. The predicted molar refractivity (Wildman–Crippen MR) is 151 cm³/mol. The van der Waals surface area contributed by atoms with Crippen LogP contribution < -0.4 is 21.3 Å². The fourth-order valence-electron chi connectivity index (χ4n) is 5.32. The summed E-state index contributed by atoms with van der Waals surface area (Å²) in [4.78, 5) is 19.0. The van der Waals surface area contributed by atoms with E-state index in [2.05, 4.69) is 9.88 Å². The zero-order valence-electron chi connectivity index (χ0n) is 23.2. The van der Waals surface area contributed by atoms with E-state index in [4.69, 9.17) is 16.3 Å². The van der Waals surface area contributed by atoms with Crippen LogP contribution in [0.3, 0.4) is 0 Å². The van der Waals surface area contributed by atoms with Crippen LogP contribution in [0.25, 0.3) is 0 Å². The van der Waals surface area contributed by atoms with Crippen molar-refractivity contribution < 1.29 is 19.0 Å². The van der Waals surface area contributed by atoms with Crippen molar-refractivity contribution in [2.75, 3.05) is 23.8 Å². The number of fused-ring (bicyclic) bond motifs is 1. The number of nitrogens with zero attached hydrogens (tertiary/aromatic N) is 3. The van der Waals surface area contributed by atoms with Crippen LogP contribution in [0, 0.1) is 18.7 Å². The monoisotopic (exact) mass is 535 g/mol. The Labute approximate surface area is 229 Å². The van der Waals surface area contributed by atoms with Gasteiger partial charge in [0.15, 0.2) is 5.82 Å². The molecule has 0 bridgehead atoms.